The standard InChI is InChI=1S/C20H28ClFN2O2/c21-19-6-5-17(22)13-18(19)15-3-1-14(2-4-15)7-10-23-24-20(25)16-8-11-26-12-9-16/h5-6,13-16,23H,1-4,7-12H2,(H,24,25)/t14-,15-. The van der Waals surface area contributed by atoms with E-state index in [1.165, 1.54) is 6.07 Å². The molecule has 2 aliphatic rings. The third-order valence-electron chi connectivity index (χ3n) is 5.73. The van der Waals surface area contributed by atoms with E-state index >= 15 is 0 Å². The van der Waals surface area contributed by atoms with Crippen molar-refractivity contribution in [3.05, 3.63) is 34.6 Å². The zero-order chi connectivity index (χ0) is 18.4. The van der Waals surface area contributed by atoms with Gasteiger partial charge in [0.25, 0.3) is 0 Å². The molecule has 1 aliphatic carbocycles. The van der Waals surface area contributed by atoms with Gasteiger partial charge in [0, 0.05) is 30.7 Å². The molecule has 1 saturated carbocycles. The van der Waals surface area contributed by atoms with E-state index in [1.807, 2.05) is 0 Å². The molecule has 2 N–H and O–H groups in total. The normalized spacial score (nSPS) is 24.4. The van der Waals surface area contributed by atoms with E-state index in [9.17, 15) is 9.18 Å². The van der Waals surface area contributed by atoms with Crippen LogP contribution >= 0.6 is 11.6 Å². The summed E-state index contributed by atoms with van der Waals surface area (Å²) in [5.41, 5.74) is 6.87. The number of benzene rings is 1. The van der Waals surface area contributed by atoms with Crippen LogP contribution in [0.15, 0.2) is 18.2 Å². The SMILES string of the molecule is O=C(NNCC[C@H]1CC[C@H](c2cc(F)ccc2Cl)CC1)C1CCOCC1. The molecule has 4 nitrogen and oxygen atoms in total. The van der Waals surface area contributed by atoms with Gasteiger partial charge in [-0.25, -0.2) is 9.82 Å². The van der Waals surface area contributed by atoms with Gasteiger partial charge in [0.15, 0.2) is 0 Å². The lowest BCUT2D eigenvalue weighted by Crippen LogP contribution is -2.43. The molecule has 0 atom stereocenters. The van der Waals surface area contributed by atoms with Crippen molar-refractivity contribution in [1.82, 2.24) is 10.9 Å². The Kier molecular flexibility index (Phi) is 7.29. The van der Waals surface area contributed by atoms with Gasteiger partial charge in [0.05, 0.1) is 0 Å². The molecule has 6 heteroatoms. The summed E-state index contributed by atoms with van der Waals surface area (Å²) in [6.45, 7) is 2.14. The van der Waals surface area contributed by atoms with Gasteiger partial charge in [-0.1, -0.05) is 11.6 Å². The first-order chi connectivity index (χ1) is 12.6. The highest BCUT2D eigenvalue weighted by molar-refractivity contribution is 6.31. The second-order valence-corrected chi connectivity index (χ2v) is 7.88. The second-order valence-electron chi connectivity index (χ2n) is 7.47. The Bertz CT molecular complexity index is 599. The van der Waals surface area contributed by atoms with Gasteiger partial charge in [0.2, 0.25) is 5.91 Å². The van der Waals surface area contributed by atoms with Gasteiger partial charge >= 0.3 is 0 Å². The van der Waals surface area contributed by atoms with E-state index in [0.717, 1.165) is 57.1 Å². The summed E-state index contributed by atoms with van der Waals surface area (Å²) in [5.74, 6) is 0.943. The number of rotatable bonds is 6. The molecule has 0 radical (unpaired) electrons. The average molecular weight is 383 g/mol. The first kappa shape index (κ1) is 19.6. The predicted octanol–water partition coefficient (Wildman–Crippen LogP) is 4.19. The van der Waals surface area contributed by atoms with Crippen LogP contribution in [0.1, 0.15) is 56.4 Å². The van der Waals surface area contributed by atoms with Crippen molar-refractivity contribution >= 4 is 17.5 Å². The Hall–Kier alpha value is -1.17. The summed E-state index contributed by atoms with van der Waals surface area (Å²) < 4.78 is 18.8. The fraction of sp³-hybridized carbons (Fsp3) is 0.650. The molecule has 0 aromatic heterocycles. The largest absolute Gasteiger partial charge is 0.381 e. The molecule has 1 amide bonds. The van der Waals surface area contributed by atoms with Crippen molar-refractivity contribution < 1.29 is 13.9 Å². The molecular weight excluding hydrogens is 355 g/mol. The number of nitrogens with one attached hydrogen (secondary N) is 2. The van der Waals surface area contributed by atoms with Gasteiger partial charge in [-0.3, -0.25) is 10.2 Å². The molecule has 0 spiro atoms. The Morgan fingerprint density at radius 2 is 1.88 bits per heavy atom. The topological polar surface area (TPSA) is 50.4 Å². The lowest BCUT2D eigenvalue weighted by Gasteiger charge is -2.29. The van der Waals surface area contributed by atoms with Crippen molar-refractivity contribution in [3.63, 3.8) is 0 Å². The molecule has 26 heavy (non-hydrogen) atoms. The highest BCUT2D eigenvalue weighted by atomic mass is 35.5. The zero-order valence-corrected chi connectivity index (χ0v) is 15.9. The minimum absolute atomic E-state index is 0.0719. The maximum Gasteiger partial charge on any atom is 0.237 e. The Morgan fingerprint density at radius 3 is 2.62 bits per heavy atom. The molecular formula is C20H28ClFN2O2. The lowest BCUT2D eigenvalue weighted by atomic mass is 9.77. The zero-order valence-electron chi connectivity index (χ0n) is 15.1. The van der Waals surface area contributed by atoms with Crippen molar-refractivity contribution in [2.24, 2.45) is 11.8 Å². The third kappa shape index (κ3) is 5.41. The number of halogens is 2. The van der Waals surface area contributed by atoms with Crippen LogP contribution in [0, 0.1) is 17.7 Å². The van der Waals surface area contributed by atoms with E-state index in [2.05, 4.69) is 10.9 Å². The van der Waals surface area contributed by atoms with E-state index in [-0.39, 0.29) is 17.6 Å². The van der Waals surface area contributed by atoms with Crippen LogP contribution in [0.5, 0.6) is 0 Å². The van der Waals surface area contributed by atoms with Crippen molar-refractivity contribution in [1.29, 1.82) is 0 Å². The van der Waals surface area contributed by atoms with Crippen LogP contribution in [0.25, 0.3) is 0 Å². The van der Waals surface area contributed by atoms with E-state index < -0.39 is 0 Å². The summed E-state index contributed by atoms with van der Waals surface area (Å²) in [7, 11) is 0. The van der Waals surface area contributed by atoms with E-state index in [1.54, 1.807) is 12.1 Å². The highest BCUT2D eigenvalue weighted by Crippen LogP contribution is 2.39. The summed E-state index contributed by atoms with van der Waals surface area (Å²) in [6.07, 6.45) is 6.97. The predicted molar refractivity (Wildman–Crippen MR) is 100 cm³/mol. The minimum Gasteiger partial charge on any atom is -0.381 e. The molecule has 1 saturated heterocycles. The smallest absolute Gasteiger partial charge is 0.237 e. The molecule has 1 aliphatic heterocycles. The van der Waals surface area contributed by atoms with Crippen molar-refractivity contribution in [3.8, 4) is 0 Å². The minimum atomic E-state index is -0.212. The number of hydrogen-bond acceptors (Lipinski definition) is 3. The quantitative estimate of drug-likeness (QED) is 0.573. The maximum absolute atomic E-state index is 13.5. The average Bonchev–Trinajstić information content (AvgIpc) is 2.68. The monoisotopic (exact) mass is 382 g/mol. The third-order valence-corrected chi connectivity index (χ3v) is 6.07. The van der Waals surface area contributed by atoms with Crippen molar-refractivity contribution in [2.45, 2.75) is 50.9 Å². The van der Waals surface area contributed by atoms with E-state index in [4.69, 9.17) is 16.3 Å². The van der Waals surface area contributed by atoms with Gasteiger partial charge in [-0.15, -0.1) is 0 Å². The number of hydrogen-bond donors (Lipinski definition) is 2. The highest BCUT2D eigenvalue weighted by Gasteiger charge is 2.24. The number of carbonyl (C=O) groups excluding carboxylic acids is 1. The van der Waals surface area contributed by atoms with Crippen LogP contribution in [-0.2, 0) is 9.53 Å². The van der Waals surface area contributed by atoms with Crippen molar-refractivity contribution in [2.75, 3.05) is 19.8 Å². The van der Waals surface area contributed by atoms with Gasteiger partial charge in [-0.05, 0) is 80.5 Å². The van der Waals surface area contributed by atoms with Crippen LogP contribution in [0.4, 0.5) is 4.39 Å². The van der Waals surface area contributed by atoms with Gasteiger partial charge in [-0.2, -0.15) is 0 Å². The molecule has 0 unspecified atom stereocenters. The molecule has 1 heterocycles. The number of hydrazine groups is 1. The van der Waals surface area contributed by atoms with Crippen LogP contribution in [-0.4, -0.2) is 25.7 Å². The fourth-order valence-corrected chi connectivity index (χ4v) is 4.35. The number of carbonyl (C=O) groups is 1. The first-order valence-electron chi connectivity index (χ1n) is 9.69. The van der Waals surface area contributed by atoms with Gasteiger partial charge in [0.1, 0.15) is 5.82 Å². The summed E-state index contributed by atoms with van der Waals surface area (Å²) >= 11 is 6.24. The van der Waals surface area contributed by atoms with Crippen LogP contribution < -0.4 is 10.9 Å². The first-order valence-corrected chi connectivity index (χ1v) is 10.1. The second kappa shape index (κ2) is 9.67. The molecule has 3 rings (SSSR count). The number of ether oxygens (including phenoxy) is 1. The summed E-state index contributed by atoms with van der Waals surface area (Å²) in [5, 5.41) is 0.673. The fourth-order valence-electron chi connectivity index (χ4n) is 4.08. The van der Waals surface area contributed by atoms with Crippen LogP contribution in [0.3, 0.4) is 0 Å². The summed E-state index contributed by atoms with van der Waals surface area (Å²) in [4.78, 5) is 12.0. The molecule has 144 valence electrons. The number of amides is 1. The van der Waals surface area contributed by atoms with Crippen LogP contribution in [0.2, 0.25) is 5.02 Å². The Balaban J connectivity index is 1.34. The Labute approximate surface area is 159 Å². The molecule has 1 aromatic rings. The van der Waals surface area contributed by atoms with Gasteiger partial charge < -0.3 is 4.74 Å². The molecule has 0 bridgehead atoms. The molecule has 1 aromatic carbocycles. The molecule has 2 fully saturated rings. The summed E-state index contributed by atoms with van der Waals surface area (Å²) in [6, 6.07) is 4.65. The Morgan fingerprint density at radius 1 is 1.15 bits per heavy atom. The maximum atomic E-state index is 13.5. The lowest BCUT2D eigenvalue weighted by molar-refractivity contribution is -0.128. The van der Waals surface area contributed by atoms with E-state index in [0.29, 0.717) is 30.1 Å².